The molecule has 5 heteroatoms. The summed E-state index contributed by atoms with van der Waals surface area (Å²) in [5.41, 5.74) is 4.40. The number of carbonyl (C=O) groups excluding carboxylic acids is 1. The van der Waals surface area contributed by atoms with Gasteiger partial charge in [0.05, 0.1) is 21.8 Å². The van der Waals surface area contributed by atoms with Crippen molar-refractivity contribution in [3.63, 3.8) is 0 Å². The zero-order valence-electron chi connectivity index (χ0n) is 15.0. The van der Waals surface area contributed by atoms with E-state index in [1.54, 1.807) is 6.07 Å². The van der Waals surface area contributed by atoms with Gasteiger partial charge in [-0.25, -0.2) is 9.37 Å². The molecule has 138 valence electrons. The van der Waals surface area contributed by atoms with Gasteiger partial charge in [0.2, 0.25) is 0 Å². The Kier molecular flexibility index (Phi) is 4.80. The largest absolute Gasteiger partial charge is 0.322 e. The molecule has 1 aromatic heterocycles. The molecule has 0 radical (unpaired) electrons. The third kappa shape index (κ3) is 3.47. The molecule has 0 aliphatic rings. The van der Waals surface area contributed by atoms with Crippen LogP contribution in [0.15, 0.2) is 72.8 Å². The molecule has 4 aromatic rings. The standard InChI is InChI=1S/C23H16ClFN2O/c1-14-6-2-3-7-16(14)22-13-18(17-8-4-5-9-21(17)27-22)23(28)26-15-10-11-20(25)19(24)12-15/h2-13H,1H3,(H,26,28). The molecule has 0 saturated heterocycles. The van der Waals surface area contributed by atoms with E-state index in [0.717, 1.165) is 27.7 Å². The minimum atomic E-state index is -0.532. The van der Waals surface area contributed by atoms with Gasteiger partial charge in [-0.3, -0.25) is 4.79 Å². The van der Waals surface area contributed by atoms with E-state index in [1.807, 2.05) is 55.5 Å². The lowest BCUT2D eigenvalue weighted by Gasteiger charge is -2.12. The fourth-order valence-corrected chi connectivity index (χ4v) is 3.31. The maximum absolute atomic E-state index is 13.4. The number of fused-ring (bicyclic) bond motifs is 1. The fourth-order valence-electron chi connectivity index (χ4n) is 3.13. The Morgan fingerprint density at radius 1 is 1.00 bits per heavy atom. The van der Waals surface area contributed by atoms with Crippen LogP contribution in [0.5, 0.6) is 0 Å². The average Bonchev–Trinajstić information content (AvgIpc) is 2.70. The van der Waals surface area contributed by atoms with Gasteiger partial charge in [-0.05, 0) is 42.8 Å². The molecule has 1 N–H and O–H groups in total. The Morgan fingerprint density at radius 3 is 2.54 bits per heavy atom. The van der Waals surface area contributed by atoms with Gasteiger partial charge in [0.1, 0.15) is 5.82 Å². The van der Waals surface area contributed by atoms with Crippen molar-refractivity contribution in [2.24, 2.45) is 0 Å². The summed E-state index contributed by atoms with van der Waals surface area (Å²) in [6.07, 6.45) is 0. The second-order valence-electron chi connectivity index (χ2n) is 6.47. The van der Waals surface area contributed by atoms with Gasteiger partial charge in [-0.2, -0.15) is 0 Å². The molecule has 4 rings (SSSR count). The van der Waals surface area contributed by atoms with Crippen LogP contribution in [-0.4, -0.2) is 10.9 Å². The van der Waals surface area contributed by atoms with Gasteiger partial charge in [0, 0.05) is 16.6 Å². The Morgan fingerprint density at radius 2 is 1.75 bits per heavy atom. The zero-order chi connectivity index (χ0) is 19.7. The molecular formula is C23H16ClFN2O. The van der Waals surface area contributed by atoms with Crippen molar-refractivity contribution in [2.75, 3.05) is 5.32 Å². The van der Waals surface area contributed by atoms with Crippen LogP contribution >= 0.6 is 11.6 Å². The van der Waals surface area contributed by atoms with Crippen molar-refractivity contribution < 1.29 is 9.18 Å². The Balaban J connectivity index is 1.82. The molecule has 0 aliphatic carbocycles. The van der Waals surface area contributed by atoms with Crippen LogP contribution in [0.2, 0.25) is 5.02 Å². The maximum Gasteiger partial charge on any atom is 0.256 e. The van der Waals surface area contributed by atoms with Crippen LogP contribution in [0.25, 0.3) is 22.2 Å². The summed E-state index contributed by atoms with van der Waals surface area (Å²) in [4.78, 5) is 17.7. The first kappa shape index (κ1) is 18.1. The molecule has 0 atom stereocenters. The third-order valence-corrected chi connectivity index (χ3v) is 4.85. The molecule has 0 aliphatic heterocycles. The van der Waals surface area contributed by atoms with Crippen molar-refractivity contribution in [2.45, 2.75) is 6.92 Å². The molecule has 28 heavy (non-hydrogen) atoms. The molecule has 0 fully saturated rings. The minimum Gasteiger partial charge on any atom is -0.322 e. The number of benzene rings is 3. The van der Waals surface area contributed by atoms with E-state index < -0.39 is 5.82 Å². The predicted molar refractivity (Wildman–Crippen MR) is 111 cm³/mol. The van der Waals surface area contributed by atoms with Gasteiger partial charge >= 0.3 is 0 Å². The third-order valence-electron chi connectivity index (χ3n) is 4.56. The Hall–Kier alpha value is -3.24. The first-order valence-electron chi connectivity index (χ1n) is 8.75. The maximum atomic E-state index is 13.4. The highest BCUT2D eigenvalue weighted by Gasteiger charge is 2.15. The number of aromatic nitrogens is 1. The number of nitrogens with one attached hydrogen (secondary N) is 1. The number of nitrogens with zero attached hydrogens (tertiary/aromatic N) is 1. The van der Waals surface area contributed by atoms with Crippen LogP contribution in [0.1, 0.15) is 15.9 Å². The SMILES string of the molecule is Cc1ccccc1-c1cc(C(=O)Nc2ccc(F)c(Cl)c2)c2ccccc2n1. The lowest BCUT2D eigenvalue weighted by atomic mass is 10.0. The summed E-state index contributed by atoms with van der Waals surface area (Å²) < 4.78 is 13.4. The summed E-state index contributed by atoms with van der Waals surface area (Å²) in [7, 11) is 0. The number of halogens is 2. The predicted octanol–water partition coefficient (Wildman–Crippen LogP) is 6.26. The molecule has 0 saturated carbocycles. The van der Waals surface area contributed by atoms with E-state index >= 15 is 0 Å². The van der Waals surface area contributed by atoms with Gasteiger partial charge < -0.3 is 5.32 Å². The number of amides is 1. The molecule has 0 bridgehead atoms. The number of hydrogen-bond acceptors (Lipinski definition) is 2. The highest BCUT2D eigenvalue weighted by molar-refractivity contribution is 6.31. The number of rotatable bonds is 3. The summed E-state index contributed by atoms with van der Waals surface area (Å²) in [5, 5.41) is 3.49. The van der Waals surface area contributed by atoms with Crippen LogP contribution in [-0.2, 0) is 0 Å². The summed E-state index contributed by atoms with van der Waals surface area (Å²) in [6.45, 7) is 2.01. The van der Waals surface area contributed by atoms with Gasteiger partial charge in [0.15, 0.2) is 0 Å². The smallest absolute Gasteiger partial charge is 0.256 e. The molecule has 0 unspecified atom stereocenters. The van der Waals surface area contributed by atoms with E-state index in [1.165, 1.54) is 18.2 Å². The van der Waals surface area contributed by atoms with E-state index in [4.69, 9.17) is 16.6 Å². The highest BCUT2D eigenvalue weighted by Crippen LogP contribution is 2.28. The first-order chi connectivity index (χ1) is 13.5. The molecular weight excluding hydrogens is 375 g/mol. The molecule has 3 aromatic carbocycles. The number of carbonyl (C=O) groups is 1. The monoisotopic (exact) mass is 390 g/mol. The van der Waals surface area contributed by atoms with E-state index in [9.17, 15) is 9.18 Å². The number of anilines is 1. The van der Waals surface area contributed by atoms with E-state index in [0.29, 0.717) is 11.3 Å². The van der Waals surface area contributed by atoms with E-state index in [-0.39, 0.29) is 10.9 Å². The second-order valence-corrected chi connectivity index (χ2v) is 6.88. The molecule has 1 heterocycles. The highest BCUT2D eigenvalue weighted by atomic mass is 35.5. The quantitative estimate of drug-likeness (QED) is 0.449. The van der Waals surface area contributed by atoms with Crippen molar-refractivity contribution in [3.8, 4) is 11.3 Å². The van der Waals surface area contributed by atoms with Gasteiger partial charge in [-0.15, -0.1) is 0 Å². The van der Waals surface area contributed by atoms with Crippen molar-refractivity contribution in [1.82, 2.24) is 4.98 Å². The average molecular weight is 391 g/mol. The van der Waals surface area contributed by atoms with Gasteiger partial charge in [0.25, 0.3) is 5.91 Å². The van der Waals surface area contributed by atoms with Crippen LogP contribution in [0.3, 0.4) is 0 Å². The Bertz CT molecular complexity index is 1210. The molecule has 0 spiro atoms. The van der Waals surface area contributed by atoms with Gasteiger partial charge in [-0.1, -0.05) is 54.1 Å². The number of hydrogen-bond donors (Lipinski definition) is 1. The number of para-hydroxylation sites is 1. The summed E-state index contributed by atoms with van der Waals surface area (Å²) in [6, 6.07) is 21.3. The van der Waals surface area contributed by atoms with Crippen LogP contribution in [0.4, 0.5) is 10.1 Å². The van der Waals surface area contributed by atoms with Crippen molar-refractivity contribution in [1.29, 1.82) is 0 Å². The lowest BCUT2D eigenvalue weighted by Crippen LogP contribution is -2.13. The summed E-state index contributed by atoms with van der Waals surface area (Å²) >= 11 is 5.82. The van der Waals surface area contributed by atoms with Crippen molar-refractivity contribution in [3.05, 3.63) is 94.8 Å². The first-order valence-corrected chi connectivity index (χ1v) is 9.13. The number of pyridine rings is 1. The Labute approximate surface area is 166 Å². The molecule has 3 nitrogen and oxygen atoms in total. The second kappa shape index (κ2) is 7.41. The number of aryl methyl sites for hydroxylation is 1. The zero-order valence-corrected chi connectivity index (χ0v) is 15.8. The summed E-state index contributed by atoms with van der Waals surface area (Å²) in [5.74, 6) is -0.841. The normalized spacial score (nSPS) is 10.8. The van der Waals surface area contributed by atoms with Crippen LogP contribution in [0, 0.1) is 12.7 Å². The fraction of sp³-hybridized carbons (Fsp3) is 0.0435. The van der Waals surface area contributed by atoms with Crippen LogP contribution < -0.4 is 5.32 Å². The topological polar surface area (TPSA) is 42.0 Å². The van der Waals surface area contributed by atoms with E-state index in [2.05, 4.69) is 5.32 Å². The van der Waals surface area contributed by atoms with Crippen molar-refractivity contribution >= 4 is 34.1 Å². The molecule has 1 amide bonds. The lowest BCUT2D eigenvalue weighted by molar-refractivity contribution is 0.102. The minimum absolute atomic E-state index is 0.0435.